The smallest absolute Gasteiger partial charge is 0.316 e. The second kappa shape index (κ2) is 5.07. The summed E-state index contributed by atoms with van der Waals surface area (Å²) in [5.41, 5.74) is 0. The van der Waals surface area contributed by atoms with Crippen LogP contribution in [0.2, 0.25) is 13.1 Å². The molecule has 0 aromatic carbocycles. The number of hydrogen-bond acceptors (Lipinski definition) is 3. The first-order chi connectivity index (χ1) is 5.11. The minimum Gasteiger partial charge on any atom is -0.541 e. The minimum absolute atomic E-state index is 0.455. The van der Waals surface area contributed by atoms with Crippen LogP contribution in [0.1, 0.15) is 6.92 Å². The van der Waals surface area contributed by atoms with Gasteiger partial charge in [0.25, 0.3) is 9.04 Å². The largest absolute Gasteiger partial charge is 0.541 e. The summed E-state index contributed by atoms with van der Waals surface area (Å²) in [6.07, 6.45) is 0. The lowest BCUT2D eigenvalue weighted by Crippen LogP contribution is -2.08. The van der Waals surface area contributed by atoms with E-state index in [1.165, 1.54) is 0 Å². The molecule has 1 radical (unpaired) electrons. The van der Waals surface area contributed by atoms with Gasteiger partial charge in [-0.2, -0.15) is 0 Å². The van der Waals surface area contributed by atoms with Gasteiger partial charge in [0, 0.05) is 0 Å². The molecule has 0 atom stereocenters. The summed E-state index contributed by atoms with van der Waals surface area (Å²) in [6.45, 7) is 5.94. The molecule has 65 valence electrons. The average Bonchev–Trinajstić information content (AvgIpc) is 1.88. The Morgan fingerprint density at radius 1 is 1.09 bits per heavy atom. The van der Waals surface area contributed by atoms with Crippen molar-refractivity contribution >= 4 is 9.04 Å². The Balaban J connectivity index is 4.11. The fraction of sp³-hybridized carbons (Fsp3) is 0.714. The number of ether oxygens (including phenoxy) is 2. The van der Waals surface area contributed by atoms with Crippen LogP contribution in [0.4, 0.5) is 0 Å². The maximum absolute atomic E-state index is 5.43. The van der Waals surface area contributed by atoms with Crippen LogP contribution in [-0.2, 0) is 13.9 Å². The highest BCUT2D eigenvalue weighted by Crippen LogP contribution is 2.07. The molecule has 0 amide bonds. The average molecular weight is 175 g/mol. The third-order valence-corrected chi connectivity index (χ3v) is 1.73. The van der Waals surface area contributed by atoms with Crippen molar-refractivity contribution in [2.24, 2.45) is 0 Å². The first-order valence-electron chi connectivity index (χ1n) is 3.38. The summed E-state index contributed by atoms with van der Waals surface area (Å²) in [7, 11) is 2.40. The van der Waals surface area contributed by atoms with Crippen LogP contribution in [0.5, 0.6) is 0 Å². The summed E-state index contributed by atoms with van der Waals surface area (Å²) in [6, 6.07) is 0. The summed E-state index contributed by atoms with van der Waals surface area (Å²) in [4.78, 5) is 0. The predicted molar refractivity (Wildman–Crippen MR) is 45.3 cm³/mol. The monoisotopic (exact) mass is 175 g/mol. The van der Waals surface area contributed by atoms with Crippen LogP contribution in [0.3, 0.4) is 0 Å². The standard InChI is InChI=1S/C7H15O3Si/c1-6(10-11(4)5)7(8-2)9-3/h1-5H3. The lowest BCUT2D eigenvalue weighted by atomic mass is 10.6. The second-order valence-electron chi connectivity index (χ2n) is 2.26. The summed E-state index contributed by atoms with van der Waals surface area (Å²) in [5, 5.41) is 0. The van der Waals surface area contributed by atoms with Gasteiger partial charge in [-0.05, 0) is 20.0 Å². The molecule has 0 aliphatic carbocycles. The van der Waals surface area contributed by atoms with Crippen molar-refractivity contribution in [3.8, 4) is 0 Å². The van der Waals surface area contributed by atoms with E-state index in [1.807, 2.05) is 6.92 Å². The fourth-order valence-electron chi connectivity index (χ4n) is 0.719. The van der Waals surface area contributed by atoms with Crippen LogP contribution in [0.15, 0.2) is 11.7 Å². The van der Waals surface area contributed by atoms with Crippen LogP contribution in [0.25, 0.3) is 0 Å². The second-order valence-corrected chi connectivity index (χ2v) is 4.28. The summed E-state index contributed by atoms with van der Waals surface area (Å²) in [5.74, 6) is 1.17. The maximum atomic E-state index is 5.43. The number of hydrogen-bond donors (Lipinski definition) is 0. The van der Waals surface area contributed by atoms with Gasteiger partial charge < -0.3 is 13.9 Å². The van der Waals surface area contributed by atoms with Crippen molar-refractivity contribution in [2.75, 3.05) is 14.2 Å². The van der Waals surface area contributed by atoms with E-state index < -0.39 is 9.04 Å². The van der Waals surface area contributed by atoms with E-state index >= 15 is 0 Å². The third-order valence-electron chi connectivity index (χ3n) is 1.02. The molecule has 0 fully saturated rings. The van der Waals surface area contributed by atoms with Crippen LogP contribution < -0.4 is 0 Å². The van der Waals surface area contributed by atoms with Gasteiger partial charge in [0.15, 0.2) is 5.76 Å². The minimum atomic E-state index is -0.716. The molecule has 0 aliphatic rings. The summed E-state index contributed by atoms with van der Waals surface area (Å²) < 4.78 is 15.2. The van der Waals surface area contributed by atoms with Crippen molar-refractivity contribution in [3.63, 3.8) is 0 Å². The first kappa shape index (κ1) is 10.4. The molecule has 0 aliphatic heterocycles. The molecular weight excluding hydrogens is 160 g/mol. The molecule has 0 aromatic rings. The zero-order valence-electron chi connectivity index (χ0n) is 7.72. The SMILES string of the molecule is COC(OC)=C(C)O[Si](C)C. The van der Waals surface area contributed by atoms with E-state index in [0.717, 1.165) is 0 Å². The van der Waals surface area contributed by atoms with Gasteiger partial charge in [-0.15, -0.1) is 0 Å². The molecule has 0 N–H and O–H groups in total. The number of rotatable bonds is 4. The molecular formula is C7H15O3Si. The van der Waals surface area contributed by atoms with E-state index in [4.69, 9.17) is 13.9 Å². The molecule has 0 spiro atoms. The third kappa shape index (κ3) is 3.93. The maximum Gasteiger partial charge on any atom is 0.316 e. The highest BCUT2D eigenvalue weighted by atomic mass is 28.3. The number of methoxy groups -OCH3 is 2. The lowest BCUT2D eigenvalue weighted by molar-refractivity contribution is 0.0780. The molecule has 0 aromatic heterocycles. The van der Waals surface area contributed by atoms with Crippen LogP contribution >= 0.6 is 0 Å². The Hall–Kier alpha value is -0.643. The molecule has 0 saturated heterocycles. The molecule has 0 heterocycles. The Morgan fingerprint density at radius 3 is 1.82 bits per heavy atom. The highest BCUT2D eigenvalue weighted by Gasteiger charge is 2.06. The zero-order valence-corrected chi connectivity index (χ0v) is 8.72. The molecule has 0 bridgehead atoms. The molecule has 0 saturated carbocycles. The lowest BCUT2D eigenvalue weighted by Gasteiger charge is -2.12. The predicted octanol–water partition coefficient (Wildman–Crippen LogP) is 1.74. The molecule has 3 nitrogen and oxygen atoms in total. The van der Waals surface area contributed by atoms with Gasteiger partial charge in [-0.3, -0.25) is 0 Å². The van der Waals surface area contributed by atoms with E-state index in [1.54, 1.807) is 14.2 Å². The van der Waals surface area contributed by atoms with Gasteiger partial charge in [0.05, 0.1) is 14.2 Å². The normalized spacial score (nSPS) is 9.27. The quantitative estimate of drug-likeness (QED) is 0.481. The van der Waals surface area contributed by atoms with Gasteiger partial charge in [-0.25, -0.2) is 0 Å². The van der Waals surface area contributed by atoms with Gasteiger partial charge in [0.2, 0.25) is 0 Å². The first-order valence-corrected chi connectivity index (χ1v) is 5.79. The van der Waals surface area contributed by atoms with Gasteiger partial charge >= 0.3 is 5.95 Å². The van der Waals surface area contributed by atoms with Crippen LogP contribution in [0, 0.1) is 0 Å². The van der Waals surface area contributed by atoms with Gasteiger partial charge in [-0.1, -0.05) is 0 Å². The Morgan fingerprint density at radius 2 is 1.55 bits per heavy atom. The van der Waals surface area contributed by atoms with Crippen molar-refractivity contribution in [1.82, 2.24) is 0 Å². The Labute approximate surface area is 69.7 Å². The van der Waals surface area contributed by atoms with Crippen molar-refractivity contribution in [2.45, 2.75) is 20.0 Å². The molecule has 11 heavy (non-hydrogen) atoms. The van der Waals surface area contributed by atoms with Crippen molar-refractivity contribution in [3.05, 3.63) is 11.7 Å². The van der Waals surface area contributed by atoms with Crippen molar-refractivity contribution in [1.29, 1.82) is 0 Å². The highest BCUT2D eigenvalue weighted by molar-refractivity contribution is 6.48. The van der Waals surface area contributed by atoms with Gasteiger partial charge in [0.1, 0.15) is 0 Å². The van der Waals surface area contributed by atoms with E-state index in [2.05, 4.69) is 13.1 Å². The zero-order chi connectivity index (χ0) is 8.85. The topological polar surface area (TPSA) is 27.7 Å². The molecule has 0 rings (SSSR count). The Bertz CT molecular complexity index is 137. The van der Waals surface area contributed by atoms with Crippen molar-refractivity contribution < 1.29 is 13.9 Å². The number of allylic oxidation sites excluding steroid dienone is 1. The summed E-state index contributed by atoms with van der Waals surface area (Å²) >= 11 is 0. The van der Waals surface area contributed by atoms with E-state index in [9.17, 15) is 0 Å². The molecule has 0 unspecified atom stereocenters. The van der Waals surface area contributed by atoms with E-state index in [-0.39, 0.29) is 0 Å². The van der Waals surface area contributed by atoms with E-state index in [0.29, 0.717) is 11.7 Å². The Kier molecular flexibility index (Phi) is 4.77. The molecule has 4 heteroatoms. The fourth-order valence-corrected chi connectivity index (χ4v) is 1.41. The van der Waals surface area contributed by atoms with Crippen LogP contribution in [-0.4, -0.2) is 23.3 Å².